The van der Waals surface area contributed by atoms with Crippen LogP contribution < -0.4 is 4.74 Å². The number of pyridine rings is 1. The van der Waals surface area contributed by atoms with Crippen molar-refractivity contribution in [2.75, 3.05) is 6.54 Å². The van der Waals surface area contributed by atoms with Gasteiger partial charge in [0.25, 0.3) is 0 Å². The Balaban J connectivity index is 1.41. The van der Waals surface area contributed by atoms with Gasteiger partial charge in [-0.05, 0) is 46.6 Å². The van der Waals surface area contributed by atoms with E-state index in [0.29, 0.717) is 21.3 Å². The first-order chi connectivity index (χ1) is 18.2. The zero-order chi connectivity index (χ0) is 27.0. The number of Topliss-reactive ketones (excluding diaryl/α,β-unsaturated/α-hetero) is 1. The fourth-order valence-corrected chi connectivity index (χ4v) is 4.73. The van der Waals surface area contributed by atoms with Crippen LogP contribution in [-0.4, -0.2) is 66.1 Å². The van der Waals surface area contributed by atoms with E-state index in [1.54, 1.807) is 43.6 Å². The molecule has 0 unspecified atom stereocenters. The first-order valence-electron chi connectivity index (χ1n) is 11.8. The van der Waals surface area contributed by atoms with E-state index < -0.39 is 24.1 Å². The second-order valence-electron chi connectivity index (χ2n) is 8.93. The molecule has 0 bridgehead atoms. The Hall–Kier alpha value is -4.06. The number of fused-ring (bicyclic) bond motifs is 1. The number of aryl methyl sites for hydroxylation is 1. The van der Waals surface area contributed by atoms with E-state index in [9.17, 15) is 18.8 Å². The highest BCUT2D eigenvalue weighted by Crippen LogP contribution is 2.28. The van der Waals surface area contributed by atoms with E-state index in [2.05, 4.69) is 36.0 Å². The predicted octanol–water partition coefficient (Wildman–Crippen LogP) is 3.71. The molecule has 0 saturated carbocycles. The zero-order valence-electron chi connectivity index (χ0n) is 20.5. The lowest BCUT2D eigenvalue weighted by molar-refractivity contribution is -0.146. The smallest absolute Gasteiger partial charge is 0.335 e. The van der Waals surface area contributed by atoms with Gasteiger partial charge in [-0.25, -0.2) is 24.1 Å². The molecule has 194 valence electrons. The number of nitrogens with zero attached hydrogens (tertiary/aromatic N) is 6. The molecule has 0 N–H and O–H groups in total. The molecule has 4 heterocycles. The molecule has 12 heteroatoms. The molecular weight excluding hydrogens is 559 g/mol. The molecule has 1 fully saturated rings. The average Bonchev–Trinajstić information content (AvgIpc) is 3.45. The van der Waals surface area contributed by atoms with Crippen molar-refractivity contribution in [3.05, 3.63) is 64.9 Å². The van der Waals surface area contributed by atoms with Crippen molar-refractivity contribution in [1.29, 1.82) is 0 Å². The van der Waals surface area contributed by atoms with Crippen LogP contribution in [0.4, 0.5) is 4.39 Å². The van der Waals surface area contributed by atoms with Crippen molar-refractivity contribution in [2.24, 2.45) is 0 Å². The summed E-state index contributed by atoms with van der Waals surface area (Å²) in [5, 5.41) is 4.94. The van der Waals surface area contributed by atoms with E-state index in [0.717, 1.165) is 16.0 Å². The van der Waals surface area contributed by atoms with E-state index in [1.807, 2.05) is 6.07 Å². The lowest BCUT2D eigenvalue weighted by atomic mass is 10.0. The molecule has 0 aliphatic carbocycles. The Kier molecular flexibility index (Phi) is 6.98. The zero-order valence-corrected chi connectivity index (χ0v) is 22.1. The van der Waals surface area contributed by atoms with E-state index in [1.165, 1.54) is 17.7 Å². The minimum Gasteiger partial charge on any atom is -0.406 e. The molecule has 2 atom stereocenters. The van der Waals surface area contributed by atoms with Gasteiger partial charge < -0.3 is 9.64 Å². The van der Waals surface area contributed by atoms with Crippen LogP contribution in [0.1, 0.15) is 29.7 Å². The van der Waals surface area contributed by atoms with Crippen molar-refractivity contribution in [3.8, 4) is 17.0 Å². The number of carbonyl (C=O) groups is 3. The number of carbonyl (C=O) groups excluding carboxylic acids is 3. The summed E-state index contributed by atoms with van der Waals surface area (Å²) < 4.78 is 21.6. The van der Waals surface area contributed by atoms with Gasteiger partial charge in [0, 0.05) is 42.8 Å². The standard InChI is InChI=1S/C26H22BrFN6O4/c1-14(35)25-19-8-16(17-10-29-15(2)30-11-17)6-7-20(19)34(32-25)13-24(36)33-12-18(28)9-21(33)26(37)38-23-5-3-4-22(27)31-23/h3-8,10-11,18,21H,9,12-13H2,1-2H3/t18-,21+/m1/s1. The number of ether oxygens (including phenoxy) is 1. The minimum absolute atomic E-state index is 0.0398. The highest BCUT2D eigenvalue weighted by atomic mass is 79.9. The molecule has 0 spiro atoms. The third-order valence-electron chi connectivity index (χ3n) is 6.22. The number of likely N-dealkylation sites (tertiary alicyclic amines) is 1. The normalized spacial score (nSPS) is 17.1. The number of halogens is 2. The summed E-state index contributed by atoms with van der Waals surface area (Å²) in [7, 11) is 0. The maximum atomic E-state index is 14.4. The Labute approximate surface area is 225 Å². The summed E-state index contributed by atoms with van der Waals surface area (Å²) in [5.74, 6) is -0.892. The first-order valence-corrected chi connectivity index (χ1v) is 12.6. The van der Waals surface area contributed by atoms with E-state index >= 15 is 0 Å². The monoisotopic (exact) mass is 580 g/mol. The fraction of sp³-hybridized carbons (Fsp3) is 0.269. The number of alkyl halides is 1. The van der Waals surface area contributed by atoms with Crippen LogP contribution in [-0.2, 0) is 16.1 Å². The minimum atomic E-state index is -1.38. The molecule has 1 aliphatic rings. The van der Waals surface area contributed by atoms with Crippen molar-refractivity contribution >= 4 is 44.5 Å². The molecule has 0 radical (unpaired) electrons. The summed E-state index contributed by atoms with van der Waals surface area (Å²) in [6.45, 7) is 2.64. The molecule has 3 aromatic heterocycles. The van der Waals surface area contributed by atoms with E-state index in [4.69, 9.17) is 4.74 Å². The molecule has 4 aromatic rings. The summed E-state index contributed by atoms with van der Waals surface area (Å²) >= 11 is 3.20. The van der Waals surface area contributed by atoms with Gasteiger partial charge in [0.15, 0.2) is 5.78 Å². The quantitative estimate of drug-likeness (QED) is 0.192. The van der Waals surface area contributed by atoms with E-state index in [-0.39, 0.29) is 36.9 Å². The second-order valence-corrected chi connectivity index (χ2v) is 9.74. The first kappa shape index (κ1) is 25.6. The van der Waals surface area contributed by atoms with Crippen LogP contribution in [0, 0.1) is 6.92 Å². The van der Waals surface area contributed by atoms with Crippen molar-refractivity contribution < 1.29 is 23.5 Å². The number of rotatable bonds is 6. The van der Waals surface area contributed by atoms with Gasteiger partial charge >= 0.3 is 5.97 Å². The maximum absolute atomic E-state index is 14.4. The number of esters is 1. The van der Waals surface area contributed by atoms with Gasteiger partial charge in [-0.15, -0.1) is 0 Å². The molecule has 1 aliphatic heterocycles. The van der Waals surface area contributed by atoms with Gasteiger partial charge in [0.05, 0.1) is 12.1 Å². The van der Waals surface area contributed by atoms with Crippen LogP contribution in [0.15, 0.2) is 53.4 Å². The lowest BCUT2D eigenvalue weighted by Crippen LogP contribution is -2.44. The number of ketones is 1. The van der Waals surface area contributed by atoms with Crippen molar-refractivity contribution in [1.82, 2.24) is 29.6 Å². The van der Waals surface area contributed by atoms with Crippen LogP contribution in [0.25, 0.3) is 22.0 Å². The van der Waals surface area contributed by atoms with Crippen LogP contribution in [0.5, 0.6) is 5.88 Å². The molecule has 1 saturated heterocycles. The molecule has 1 aromatic carbocycles. The summed E-state index contributed by atoms with van der Waals surface area (Å²) in [5.41, 5.74) is 2.30. The molecule has 1 amide bonds. The molecular formula is C26H22BrFN6O4. The number of benzene rings is 1. The Morgan fingerprint density at radius 1 is 1.13 bits per heavy atom. The summed E-state index contributed by atoms with van der Waals surface area (Å²) in [6.07, 6.45) is 1.82. The SMILES string of the molecule is CC(=O)c1nn(CC(=O)N2C[C@H](F)C[C@H]2C(=O)Oc2cccc(Br)n2)c2ccc(-c3cnc(C)nc3)cc12. The van der Waals surface area contributed by atoms with Gasteiger partial charge in [-0.2, -0.15) is 5.10 Å². The van der Waals surface area contributed by atoms with Crippen LogP contribution >= 0.6 is 15.9 Å². The summed E-state index contributed by atoms with van der Waals surface area (Å²) in [6, 6.07) is 9.06. The second kappa shape index (κ2) is 10.4. The molecule has 5 rings (SSSR count). The number of hydrogen-bond acceptors (Lipinski definition) is 8. The van der Waals surface area contributed by atoms with Crippen LogP contribution in [0.3, 0.4) is 0 Å². The van der Waals surface area contributed by atoms with Crippen LogP contribution in [0.2, 0.25) is 0 Å². The van der Waals surface area contributed by atoms with Crippen molar-refractivity contribution in [2.45, 2.75) is 39.0 Å². The van der Waals surface area contributed by atoms with Crippen molar-refractivity contribution in [3.63, 3.8) is 0 Å². The highest BCUT2D eigenvalue weighted by molar-refractivity contribution is 9.10. The largest absolute Gasteiger partial charge is 0.406 e. The third-order valence-corrected chi connectivity index (χ3v) is 6.66. The molecule has 10 nitrogen and oxygen atoms in total. The lowest BCUT2D eigenvalue weighted by Gasteiger charge is -2.22. The predicted molar refractivity (Wildman–Crippen MR) is 138 cm³/mol. The van der Waals surface area contributed by atoms with Gasteiger partial charge in [0.2, 0.25) is 11.8 Å². The van der Waals surface area contributed by atoms with Gasteiger partial charge in [0.1, 0.15) is 34.9 Å². The average molecular weight is 581 g/mol. The van der Waals surface area contributed by atoms with Gasteiger partial charge in [-0.1, -0.05) is 12.1 Å². The number of hydrogen-bond donors (Lipinski definition) is 0. The number of amides is 1. The fourth-order valence-electron chi connectivity index (χ4n) is 4.40. The molecule has 38 heavy (non-hydrogen) atoms. The Bertz CT molecular complexity index is 1560. The summed E-state index contributed by atoms with van der Waals surface area (Å²) in [4.78, 5) is 52.1. The third kappa shape index (κ3) is 5.17. The van der Waals surface area contributed by atoms with Gasteiger partial charge in [-0.3, -0.25) is 14.3 Å². The Morgan fingerprint density at radius 2 is 1.89 bits per heavy atom. The topological polar surface area (TPSA) is 120 Å². The maximum Gasteiger partial charge on any atom is 0.335 e. The highest BCUT2D eigenvalue weighted by Gasteiger charge is 2.41. The Morgan fingerprint density at radius 3 is 2.61 bits per heavy atom. The number of aromatic nitrogens is 5.